The summed E-state index contributed by atoms with van der Waals surface area (Å²) >= 11 is 12.0. The van der Waals surface area contributed by atoms with Crippen LogP contribution in [0.4, 0.5) is 11.4 Å². The average molecular weight is 718 g/mol. The SMILES string of the molecule is CSCC[C@H](NC(=O)c1cccc2c1CCN(C)C2)C(O)NCC(=O)N[C@@H](CCCCNC(=S)Nc1ccc(NC(C)=S)cc1)C(=O)O. The number of carboxylic acids is 1. The first-order valence-corrected chi connectivity index (χ1v) is 18.1. The molecule has 1 aliphatic rings. The largest absolute Gasteiger partial charge is 0.480 e. The van der Waals surface area contributed by atoms with Crippen LogP contribution in [0, 0.1) is 0 Å². The first-order chi connectivity index (χ1) is 23.0. The predicted octanol–water partition coefficient (Wildman–Crippen LogP) is 2.92. The summed E-state index contributed by atoms with van der Waals surface area (Å²) in [5.41, 5.74) is 4.43. The van der Waals surface area contributed by atoms with Gasteiger partial charge in [0, 0.05) is 36.6 Å². The third-order valence-corrected chi connectivity index (χ3v) is 8.80. The number of nitrogens with one attached hydrogen (secondary N) is 6. The number of nitrogens with zero attached hydrogens (tertiary/aromatic N) is 1. The van der Waals surface area contributed by atoms with Gasteiger partial charge in [0.2, 0.25) is 5.91 Å². The van der Waals surface area contributed by atoms with Crippen molar-refractivity contribution >= 4 is 75.5 Å². The predicted molar refractivity (Wildman–Crippen MR) is 201 cm³/mol. The lowest BCUT2D eigenvalue weighted by molar-refractivity contribution is -0.142. The molecule has 1 heterocycles. The van der Waals surface area contributed by atoms with Gasteiger partial charge in [0.05, 0.1) is 17.6 Å². The molecule has 2 aromatic carbocycles. The van der Waals surface area contributed by atoms with Gasteiger partial charge in [0.1, 0.15) is 12.3 Å². The van der Waals surface area contributed by atoms with Gasteiger partial charge in [-0.3, -0.25) is 14.9 Å². The number of thioether (sulfide) groups is 1. The number of fused-ring (bicyclic) bond motifs is 1. The third kappa shape index (κ3) is 13.3. The number of unbranched alkanes of at least 4 members (excludes halogenated alkanes) is 1. The maximum atomic E-state index is 13.3. The topological polar surface area (TPSA) is 167 Å². The zero-order chi connectivity index (χ0) is 35.1. The summed E-state index contributed by atoms with van der Waals surface area (Å²) in [6, 6.07) is 11.5. The number of aliphatic carboxylic acids is 1. The number of hydrogen-bond donors (Lipinski definition) is 8. The summed E-state index contributed by atoms with van der Waals surface area (Å²) in [4.78, 5) is 40.7. The van der Waals surface area contributed by atoms with Crippen molar-refractivity contribution in [3.63, 3.8) is 0 Å². The number of carboxylic acid groups (broad SMARTS) is 1. The minimum atomic E-state index is -1.21. The van der Waals surface area contributed by atoms with E-state index >= 15 is 0 Å². The molecule has 0 saturated carbocycles. The fraction of sp³-hybridized carbons (Fsp3) is 0.485. The van der Waals surface area contributed by atoms with E-state index in [1.807, 2.05) is 49.7 Å². The Morgan fingerprint density at radius 1 is 1.00 bits per heavy atom. The van der Waals surface area contributed by atoms with Gasteiger partial charge >= 0.3 is 5.97 Å². The van der Waals surface area contributed by atoms with E-state index in [9.17, 15) is 24.6 Å². The number of aliphatic hydroxyl groups excluding tert-OH is 1. The highest BCUT2D eigenvalue weighted by molar-refractivity contribution is 7.98. The second kappa shape index (κ2) is 20.2. The highest BCUT2D eigenvalue weighted by Crippen LogP contribution is 2.22. The summed E-state index contributed by atoms with van der Waals surface area (Å²) in [5.74, 6) is -1.29. The van der Waals surface area contributed by atoms with Crippen LogP contribution in [0.2, 0.25) is 0 Å². The van der Waals surface area contributed by atoms with Crippen molar-refractivity contribution in [2.75, 3.05) is 49.3 Å². The Bertz CT molecular complexity index is 1410. The van der Waals surface area contributed by atoms with Gasteiger partial charge < -0.3 is 41.7 Å². The molecular formula is C33H47N7O5S3. The molecule has 2 aromatic rings. The van der Waals surface area contributed by atoms with E-state index in [1.165, 1.54) is 0 Å². The lowest BCUT2D eigenvalue weighted by Crippen LogP contribution is -2.53. The van der Waals surface area contributed by atoms with Gasteiger partial charge in [-0.25, -0.2) is 4.79 Å². The summed E-state index contributed by atoms with van der Waals surface area (Å²) < 4.78 is 0. The van der Waals surface area contributed by atoms with Crippen LogP contribution in [-0.2, 0) is 22.6 Å². The van der Waals surface area contributed by atoms with Crippen LogP contribution in [0.5, 0.6) is 0 Å². The summed E-state index contributed by atoms with van der Waals surface area (Å²) in [6.07, 6.45) is 3.35. The van der Waals surface area contributed by atoms with Gasteiger partial charge in [0.25, 0.3) is 5.91 Å². The van der Waals surface area contributed by atoms with Gasteiger partial charge in [0.15, 0.2) is 5.11 Å². The summed E-state index contributed by atoms with van der Waals surface area (Å²) in [7, 11) is 2.05. The Morgan fingerprint density at radius 3 is 2.38 bits per heavy atom. The maximum Gasteiger partial charge on any atom is 0.326 e. The van der Waals surface area contributed by atoms with Crippen LogP contribution in [0.25, 0.3) is 0 Å². The summed E-state index contributed by atoms with van der Waals surface area (Å²) in [5, 5.41) is 38.5. The Kier molecular flexibility index (Phi) is 16.5. The van der Waals surface area contributed by atoms with Crippen molar-refractivity contribution in [3.05, 3.63) is 59.2 Å². The number of aliphatic hydroxyl groups is 1. The van der Waals surface area contributed by atoms with E-state index < -0.39 is 30.2 Å². The molecule has 0 aromatic heterocycles. The highest BCUT2D eigenvalue weighted by atomic mass is 32.2. The first-order valence-electron chi connectivity index (χ1n) is 15.9. The Hall–Kier alpha value is -3.34. The van der Waals surface area contributed by atoms with Crippen molar-refractivity contribution in [1.82, 2.24) is 26.2 Å². The van der Waals surface area contributed by atoms with E-state index in [1.54, 1.807) is 24.8 Å². The van der Waals surface area contributed by atoms with E-state index in [4.69, 9.17) is 24.4 Å². The van der Waals surface area contributed by atoms with E-state index in [0.717, 1.165) is 42.0 Å². The summed E-state index contributed by atoms with van der Waals surface area (Å²) in [6.45, 7) is 3.65. The first kappa shape index (κ1) is 39.1. The normalized spacial score (nSPS) is 14.5. The second-order valence-electron chi connectivity index (χ2n) is 11.7. The van der Waals surface area contributed by atoms with Crippen LogP contribution in [-0.4, -0.2) is 100.0 Å². The molecule has 0 fully saturated rings. The lowest BCUT2D eigenvalue weighted by Gasteiger charge is -2.28. The van der Waals surface area contributed by atoms with Crippen molar-refractivity contribution in [2.24, 2.45) is 0 Å². The number of anilines is 2. The molecule has 1 unspecified atom stereocenters. The number of rotatable bonds is 18. The zero-order valence-electron chi connectivity index (χ0n) is 27.6. The molecule has 0 saturated heterocycles. The number of carbonyl (C=O) groups is 3. The van der Waals surface area contributed by atoms with Crippen LogP contribution in [0.1, 0.15) is 54.1 Å². The van der Waals surface area contributed by atoms with Crippen molar-refractivity contribution in [3.8, 4) is 0 Å². The fourth-order valence-electron chi connectivity index (χ4n) is 5.30. The number of carbonyl (C=O) groups excluding carboxylic acids is 2. The maximum absolute atomic E-state index is 13.3. The monoisotopic (exact) mass is 717 g/mol. The minimum Gasteiger partial charge on any atom is -0.480 e. The molecule has 3 atom stereocenters. The molecule has 1 aliphatic heterocycles. The Balaban J connectivity index is 1.41. The number of benzene rings is 2. The second-order valence-corrected chi connectivity index (χ2v) is 13.7. The van der Waals surface area contributed by atoms with Gasteiger partial charge in [-0.2, -0.15) is 11.8 Å². The van der Waals surface area contributed by atoms with Crippen LogP contribution < -0.4 is 31.9 Å². The smallest absolute Gasteiger partial charge is 0.326 e. The fourth-order valence-corrected chi connectivity index (χ4v) is 6.12. The highest BCUT2D eigenvalue weighted by Gasteiger charge is 2.26. The molecule has 262 valence electrons. The van der Waals surface area contributed by atoms with Crippen LogP contribution in [0.3, 0.4) is 0 Å². The van der Waals surface area contributed by atoms with E-state index in [2.05, 4.69) is 36.8 Å². The molecule has 15 heteroatoms. The van der Waals surface area contributed by atoms with Crippen LogP contribution in [0.15, 0.2) is 42.5 Å². The van der Waals surface area contributed by atoms with Gasteiger partial charge in [-0.05, 0) is 112 Å². The lowest BCUT2D eigenvalue weighted by atomic mass is 9.94. The number of hydrogen-bond acceptors (Lipinski definition) is 9. The van der Waals surface area contributed by atoms with Crippen molar-refractivity contribution < 1.29 is 24.6 Å². The molecule has 8 N–H and O–H groups in total. The Labute approximate surface area is 297 Å². The molecule has 2 amide bonds. The average Bonchev–Trinajstić information content (AvgIpc) is 3.04. The molecule has 0 bridgehead atoms. The standard InChI is InChI=1S/C33H47N7O5S3/c1-21(46)36-23-10-12-24(13-11-23)37-33(47)34-16-5-4-9-28(32(44)45)38-29(41)19-35-31(43)27(15-18-48-3)39-30(42)26-8-6-7-22-20-40(2)17-14-25(22)26/h6-8,10-13,27-28,31,35,43H,4-5,9,14-20H2,1-3H3,(H,36,46)(H,38,41)(H,39,42)(H,44,45)(H2,34,37,47)/t27-,28-,31?/m0/s1. The third-order valence-electron chi connectivity index (χ3n) is 7.81. The molecule has 0 radical (unpaired) electrons. The molecule has 48 heavy (non-hydrogen) atoms. The van der Waals surface area contributed by atoms with Gasteiger partial charge in [-0.15, -0.1) is 0 Å². The van der Waals surface area contributed by atoms with E-state index in [0.29, 0.717) is 47.2 Å². The molecule has 0 aliphatic carbocycles. The number of thiocarbonyl (C=S) groups is 2. The number of likely N-dealkylation sites (N-methyl/N-ethyl adjacent to an activating group) is 1. The number of amides is 2. The zero-order valence-corrected chi connectivity index (χ0v) is 30.1. The quantitative estimate of drug-likeness (QED) is 0.0645. The minimum absolute atomic E-state index is 0.225. The molecule has 3 rings (SSSR count). The molecule has 12 nitrogen and oxygen atoms in total. The Morgan fingerprint density at radius 2 is 1.71 bits per heavy atom. The van der Waals surface area contributed by atoms with Crippen molar-refractivity contribution in [1.29, 1.82) is 0 Å². The van der Waals surface area contributed by atoms with Crippen LogP contribution >= 0.6 is 36.2 Å². The molecular weight excluding hydrogens is 671 g/mol. The molecule has 0 spiro atoms. The van der Waals surface area contributed by atoms with Gasteiger partial charge in [-0.1, -0.05) is 24.4 Å². The van der Waals surface area contributed by atoms with E-state index in [-0.39, 0.29) is 18.9 Å². The van der Waals surface area contributed by atoms with Crippen molar-refractivity contribution in [2.45, 2.75) is 63.9 Å².